The predicted octanol–water partition coefficient (Wildman–Crippen LogP) is 2.71. The quantitative estimate of drug-likeness (QED) is 0.847. The summed E-state index contributed by atoms with van der Waals surface area (Å²) in [5.41, 5.74) is 0. The molecular weight excluding hydrogens is 266 g/mol. The number of aryl methyl sites for hydroxylation is 2. The predicted molar refractivity (Wildman–Crippen MR) is 78.6 cm³/mol. The summed E-state index contributed by atoms with van der Waals surface area (Å²) in [6.07, 6.45) is 8.59. The highest BCUT2D eigenvalue weighted by molar-refractivity contribution is 4.98. The van der Waals surface area contributed by atoms with Gasteiger partial charge in [-0.05, 0) is 32.7 Å². The maximum atomic E-state index is 5.40. The highest BCUT2D eigenvalue weighted by Gasteiger charge is 2.29. The molecule has 0 N–H and O–H groups in total. The molecule has 3 heterocycles. The van der Waals surface area contributed by atoms with E-state index >= 15 is 0 Å². The fourth-order valence-corrected chi connectivity index (χ4v) is 3.03. The average molecular weight is 289 g/mol. The molecule has 0 bridgehead atoms. The Bertz CT molecular complexity index is 576. The van der Waals surface area contributed by atoms with Gasteiger partial charge in [-0.2, -0.15) is 4.98 Å². The van der Waals surface area contributed by atoms with Gasteiger partial charge in [0.05, 0.1) is 12.6 Å². The number of likely N-dealkylation sites (tertiary alicyclic amines) is 1. The first-order valence-corrected chi connectivity index (χ1v) is 7.82. The van der Waals surface area contributed by atoms with Crippen molar-refractivity contribution in [3.63, 3.8) is 0 Å². The number of hydrogen-bond acceptors (Lipinski definition) is 5. The summed E-state index contributed by atoms with van der Waals surface area (Å²) in [6, 6.07) is 0.228. The van der Waals surface area contributed by atoms with Crippen molar-refractivity contribution in [2.45, 2.75) is 58.7 Å². The number of nitrogens with zero attached hydrogens (tertiary/aromatic N) is 5. The van der Waals surface area contributed by atoms with Gasteiger partial charge in [0.15, 0.2) is 5.82 Å². The first kappa shape index (κ1) is 14.3. The molecule has 0 saturated carbocycles. The number of imidazole rings is 1. The monoisotopic (exact) mass is 289 g/mol. The third-order valence-electron chi connectivity index (χ3n) is 4.05. The third-order valence-corrected chi connectivity index (χ3v) is 4.05. The molecule has 114 valence electrons. The van der Waals surface area contributed by atoms with Crippen LogP contribution in [0.15, 0.2) is 16.9 Å². The topological polar surface area (TPSA) is 60.0 Å². The fourth-order valence-electron chi connectivity index (χ4n) is 3.03. The van der Waals surface area contributed by atoms with Crippen molar-refractivity contribution in [1.82, 2.24) is 24.6 Å². The smallest absolute Gasteiger partial charge is 0.243 e. The minimum absolute atomic E-state index is 0.228. The van der Waals surface area contributed by atoms with Crippen LogP contribution in [-0.2, 0) is 13.1 Å². The molecule has 0 aromatic carbocycles. The normalized spacial score (nSPS) is 20.0. The lowest BCUT2D eigenvalue weighted by Gasteiger charge is -2.33. The van der Waals surface area contributed by atoms with Gasteiger partial charge in [0.2, 0.25) is 5.89 Å². The molecule has 6 heteroatoms. The van der Waals surface area contributed by atoms with E-state index in [4.69, 9.17) is 4.52 Å². The van der Waals surface area contributed by atoms with E-state index < -0.39 is 0 Å². The number of aromatic nitrogens is 4. The molecule has 0 spiro atoms. The van der Waals surface area contributed by atoms with Crippen LogP contribution in [0.3, 0.4) is 0 Å². The van der Waals surface area contributed by atoms with E-state index in [1.54, 1.807) is 0 Å². The van der Waals surface area contributed by atoms with Crippen LogP contribution in [0.1, 0.15) is 56.2 Å². The molecular formula is C15H23N5O. The lowest BCUT2D eigenvalue weighted by Crippen LogP contribution is -2.34. The summed E-state index contributed by atoms with van der Waals surface area (Å²) in [5, 5.41) is 3.94. The Labute approximate surface area is 125 Å². The van der Waals surface area contributed by atoms with Crippen LogP contribution in [-0.4, -0.2) is 31.1 Å². The minimum Gasteiger partial charge on any atom is -0.338 e. The summed E-state index contributed by atoms with van der Waals surface area (Å²) in [7, 11) is 0. The van der Waals surface area contributed by atoms with E-state index in [2.05, 4.69) is 37.7 Å². The first-order valence-electron chi connectivity index (χ1n) is 7.82. The van der Waals surface area contributed by atoms with Crippen LogP contribution in [0.25, 0.3) is 0 Å². The summed E-state index contributed by atoms with van der Waals surface area (Å²) in [4.78, 5) is 11.4. The Morgan fingerprint density at radius 1 is 1.38 bits per heavy atom. The number of rotatable bonds is 5. The SMILES string of the molecule is CCCn1ccnc1CN1CCCC[C@@H]1c1nc(C)no1. The van der Waals surface area contributed by atoms with E-state index in [9.17, 15) is 0 Å². The summed E-state index contributed by atoms with van der Waals surface area (Å²) >= 11 is 0. The maximum absolute atomic E-state index is 5.40. The third kappa shape index (κ3) is 3.15. The van der Waals surface area contributed by atoms with E-state index in [1.807, 2.05) is 13.1 Å². The molecule has 0 aliphatic carbocycles. The standard InChI is InChI=1S/C15H23N5O/c1-3-8-19-10-7-16-14(19)11-20-9-5-4-6-13(20)15-17-12(2)18-21-15/h7,10,13H,3-6,8-9,11H2,1-2H3/t13-/m1/s1. The van der Waals surface area contributed by atoms with Crippen LogP contribution in [0.5, 0.6) is 0 Å². The molecule has 3 rings (SSSR count). The zero-order valence-corrected chi connectivity index (χ0v) is 12.8. The average Bonchev–Trinajstić information content (AvgIpc) is 3.10. The van der Waals surface area contributed by atoms with Gasteiger partial charge in [-0.15, -0.1) is 0 Å². The van der Waals surface area contributed by atoms with Gasteiger partial charge >= 0.3 is 0 Å². The van der Waals surface area contributed by atoms with E-state index in [1.165, 1.54) is 12.8 Å². The van der Waals surface area contributed by atoms with E-state index in [-0.39, 0.29) is 6.04 Å². The largest absolute Gasteiger partial charge is 0.338 e. The maximum Gasteiger partial charge on any atom is 0.243 e. The minimum atomic E-state index is 0.228. The van der Waals surface area contributed by atoms with Gasteiger partial charge in [0.1, 0.15) is 5.82 Å². The molecule has 0 unspecified atom stereocenters. The Hall–Kier alpha value is -1.69. The second kappa shape index (κ2) is 6.39. The van der Waals surface area contributed by atoms with Crippen molar-refractivity contribution in [3.05, 3.63) is 29.9 Å². The van der Waals surface area contributed by atoms with Crippen molar-refractivity contribution in [3.8, 4) is 0 Å². The Kier molecular flexibility index (Phi) is 4.34. The summed E-state index contributed by atoms with van der Waals surface area (Å²) in [5.74, 6) is 2.59. The van der Waals surface area contributed by atoms with Crippen molar-refractivity contribution in [1.29, 1.82) is 0 Å². The van der Waals surface area contributed by atoms with E-state index in [0.717, 1.165) is 44.2 Å². The Morgan fingerprint density at radius 2 is 2.29 bits per heavy atom. The fraction of sp³-hybridized carbons (Fsp3) is 0.667. The lowest BCUT2D eigenvalue weighted by molar-refractivity contribution is 0.107. The number of piperidine rings is 1. The van der Waals surface area contributed by atoms with Crippen molar-refractivity contribution < 1.29 is 4.52 Å². The second-order valence-electron chi connectivity index (χ2n) is 5.70. The summed E-state index contributed by atoms with van der Waals surface area (Å²) < 4.78 is 7.64. The number of hydrogen-bond donors (Lipinski definition) is 0. The zero-order chi connectivity index (χ0) is 14.7. The Balaban J connectivity index is 1.76. The van der Waals surface area contributed by atoms with Crippen LogP contribution < -0.4 is 0 Å². The van der Waals surface area contributed by atoms with Crippen molar-refractivity contribution >= 4 is 0 Å². The van der Waals surface area contributed by atoms with Gasteiger partial charge in [-0.3, -0.25) is 4.90 Å². The van der Waals surface area contributed by atoms with Gasteiger partial charge < -0.3 is 9.09 Å². The van der Waals surface area contributed by atoms with Crippen molar-refractivity contribution in [2.75, 3.05) is 6.54 Å². The summed E-state index contributed by atoms with van der Waals surface area (Å²) in [6.45, 7) is 6.99. The van der Waals surface area contributed by atoms with Crippen molar-refractivity contribution in [2.24, 2.45) is 0 Å². The highest BCUT2D eigenvalue weighted by Crippen LogP contribution is 2.30. The molecule has 21 heavy (non-hydrogen) atoms. The molecule has 1 aliphatic heterocycles. The molecule has 2 aromatic heterocycles. The van der Waals surface area contributed by atoms with Gasteiger partial charge in [0.25, 0.3) is 0 Å². The molecule has 2 aromatic rings. The Morgan fingerprint density at radius 3 is 3.05 bits per heavy atom. The molecule has 1 aliphatic rings. The zero-order valence-electron chi connectivity index (χ0n) is 12.8. The highest BCUT2D eigenvalue weighted by atomic mass is 16.5. The van der Waals surface area contributed by atoms with Crippen LogP contribution >= 0.6 is 0 Å². The van der Waals surface area contributed by atoms with E-state index in [0.29, 0.717) is 5.82 Å². The van der Waals surface area contributed by atoms with Gasteiger partial charge in [-0.1, -0.05) is 18.5 Å². The van der Waals surface area contributed by atoms with Gasteiger partial charge in [0, 0.05) is 18.9 Å². The molecule has 6 nitrogen and oxygen atoms in total. The first-order chi connectivity index (χ1) is 10.3. The molecule has 1 atom stereocenters. The van der Waals surface area contributed by atoms with Crippen LogP contribution in [0.4, 0.5) is 0 Å². The lowest BCUT2D eigenvalue weighted by atomic mass is 10.0. The molecule has 0 amide bonds. The molecule has 0 radical (unpaired) electrons. The van der Waals surface area contributed by atoms with Crippen LogP contribution in [0, 0.1) is 6.92 Å². The van der Waals surface area contributed by atoms with Crippen LogP contribution in [0.2, 0.25) is 0 Å². The second-order valence-corrected chi connectivity index (χ2v) is 5.70. The molecule has 1 fully saturated rings. The molecule has 1 saturated heterocycles. The van der Waals surface area contributed by atoms with Gasteiger partial charge in [-0.25, -0.2) is 4.98 Å².